The van der Waals surface area contributed by atoms with Gasteiger partial charge in [0, 0.05) is 32.4 Å². The summed E-state index contributed by atoms with van der Waals surface area (Å²) in [6, 6.07) is 17.2. The summed E-state index contributed by atoms with van der Waals surface area (Å²) in [5, 5.41) is 3.81. The van der Waals surface area contributed by atoms with E-state index in [0.717, 1.165) is 37.1 Å². The van der Waals surface area contributed by atoms with Crippen molar-refractivity contribution in [3.63, 3.8) is 0 Å². The molecule has 0 unspecified atom stereocenters. The molecule has 1 aliphatic carbocycles. The van der Waals surface area contributed by atoms with Crippen molar-refractivity contribution in [3.05, 3.63) is 71.7 Å². The summed E-state index contributed by atoms with van der Waals surface area (Å²) in [6.45, 7) is 3.54. The second-order valence-corrected chi connectivity index (χ2v) is 8.71. The molecular weight excluding hydrogens is 384 g/mol. The normalized spacial score (nSPS) is 18.9. The number of nitrogens with one attached hydrogen (secondary N) is 1. The number of rotatable bonds is 8. The number of amides is 1. The number of hydrogen-bond acceptors (Lipinski definition) is 3. The highest BCUT2D eigenvalue weighted by atomic mass is 16.2. The third-order valence-corrected chi connectivity index (χ3v) is 6.55. The predicted octanol–water partition coefficient (Wildman–Crippen LogP) is 5.02. The number of imidazole rings is 1. The van der Waals surface area contributed by atoms with Crippen molar-refractivity contribution >= 4 is 11.6 Å². The lowest BCUT2D eigenvalue weighted by Gasteiger charge is -2.33. The zero-order valence-corrected chi connectivity index (χ0v) is 18.8. The molecule has 0 radical (unpaired) electrons. The minimum Gasteiger partial charge on any atom is -0.340 e. The molecule has 3 aromatic rings. The van der Waals surface area contributed by atoms with Crippen LogP contribution in [0.2, 0.25) is 0 Å². The van der Waals surface area contributed by atoms with Gasteiger partial charge in [-0.3, -0.25) is 4.79 Å². The first-order valence-corrected chi connectivity index (χ1v) is 11.7. The van der Waals surface area contributed by atoms with Crippen molar-refractivity contribution in [1.82, 2.24) is 19.6 Å². The van der Waals surface area contributed by atoms with Gasteiger partial charge < -0.3 is 14.6 Å². The van der Waals surface area contributed by atoms with E-state index in [2.05, 4.69) is 47.0 Å². The maximum atomic E-state index is 13.2. The van der Waals surface area contributed by atoms with Crippen LogP contribution in [0.5, 0.6) is 0 Å². The van der Waals surface area contributed by atoms with Gasteiger partial charge in [-0.2, -0.15) is 0 Å². The van der Waals surface area contributed by atoms with Crippen LogP contribution in [0.4, 0.5) is 0 Å². The minimum atomic E-state index is 0.0113. The number of hydrogen-bond donors (Lipinski definition) is 1. The van der Waals surface area contributed by atoms with E-state index in [4.69, 9.17) is 4.98 Å². The van der Waals surface area contributed by atoms with Crippen LogP contribution in [0.15, 0.2) is 54.7 Å². The van der Waals surface area contributed by atoms with Gasteiger partial charge >= 0.3 is 0 Å². The highest BCUT2D eigenvalue weighted by molar-refractivity contribution is 5.94. The fourth-order valence-corrected chi connectivity index (χ4v) is 4.77. The summed E-state index contributed by atoms with van der Waals surface area (Å²) < 4.78 is 2.06. The van der Waals surface area contributed by atoms with Crippen LogP contribution in [0, 0.1) is 0 Å². The molecule has 31 heavy (non-hydrogen) atoms. The molecule has 0 spiro atoms. The zero-order chi connectivity index (χ0) is 21.6. The number of carbonyl (C=O) groups is 1. The summed E-state index contributed by atoms with van der Waals surface area (Å²) in [6.07, 6.45) is 8.98. The monoisotopic (exact) mass is 418 g/mol. The van der Waals surface area contributed by atoms with Crippen LogP contribution in [0.1, 0.15) is 73.1 Å². The lowest BCUT2D eigenvalue weighted by Crippen LogP contribution is -2.37. The van der Waals surface area contributed by atoms with Crippen molar-refractivity contribution in [2.24, 2.45) is 0 Å². The van der Waals surface area contributed by atoms with E-state index in [9.17, 15) is 4.79 Å². The van der Waals surface area contributed by atoms with Crippen LogP contribution < -0.4 is 5.32 Å². The number of aromatic nitrogens is 2. The first kappa shape index (κ1) is 21.6. The van der Waals surface area contributed by atoms with Gasteiger partial charge in [0.15, 0.2) is 5.69 Å². The van der Waals surface area contributed by atoms with Gasteiger partial charge in [-0.1, -0.05) is 62.6 Å². The van der Waals surface area contributed by atoms with Gasteiger partial charge in [0.1, 0.15) is 5.65 Å². The molecule has 0 saturated heterocycles. The molecule has 1 fully saturated rings. The summed E-state index contributed by atoms with van der Waals surface area (Å²) in [5.41, 5.74) is 3.77. The number of pyridine rings is 1. The molecule has 2 heterocycles. The molecule has 5 heteroatoms. The Labute approximate surface area is 185 Å². The molecule has 2 aromatic heterocycles. The first-order chi connectivity index (χ1) is 15.2. The topological polar surface area (TPSA) is 49.6 Å². The average molecular weight is 419 g/mol. The van der Waals surface area contributed by atoms with Crippen molar-refractivity contribution in [2.75, 3.05) is 13.6 Å². The van der Waals surface area contributed by atoms with Gasteiger partial charge in [-0.05, 0) is 42.9 Å². The third kappa shape index (κ3) is 4.82. The first-order valence-electron chi connectivity index (χ1n) is 11.7. The van der Waals surface area contributed by atoms with Gasteiger partial charge in [0.2, 0.25) is 0 Å². The van der Waals surface area contributed by atoms with Crippen molar-refractivity contribution in [2.45, 2.75) is 64.0 Å². The maximum Gasteiger partial charge on any atom is 0.274 e. The molecule has 1 N–H and O–H groups in total. The van der Waals surface area contributed by atoms with Crippen LogP contribution in [-0.2, 0) is 6.54 Å². The van der Waals surface area contributed by atoms with Crippen LogP contribution >= 0.6 is 0 Å². The Bertz CT molecular complexity index is 997. The van der Waals surface area contributed by atoms with Crippen molar-refractivity contribution in [1.29, 1.82) is 0 Å². The van der Waals surface area contributed by atoms with E-state index in [1.165, 1.54) is 24.8 Å². The molecule has 1 aromatic carbocycles. The Morgan fingerprint density at radius 1 is 1.13 bits per heavy atom. The Hall–Kier alpha value is -2.66. The van der Waals surface area contributed by atoms with E-state index in [0.29, 0.717) is 24.2 Å². The van der Waals surface area contributed by atoms with E-state index < -0.39 is 0 Å². The highest BCUT2D eigenvalue weighted by Crippen LogP contribution is 2.33. The Morgan fingerprint density at radius 3 is 2.71 bits per heavy atom. The minimum absolute atomic E-state index is 0.0113. The molecule has 4 rings (SSSR count). The van der Waals surface area contributed by atoms with E-state index >= 15 is 0 Å². The lowest BCUT2D eigenvalue weighted by molar-refractivity contribution is 0.0786. The summed E-state index contributed by atoms with van der Waals surface area (Å²) in [5.74, 6) is 0.526. The molecule has 0 aliphatic heterocycles. The second kappa shape index (κ2) is 10.1. The maximum absolute atomic E-state index is 13.2. The second-order valence-electron chi connectivity index (χ2n) is 8.71. The average Bonchev–Trinajstić information content (AvgIpc) is 3.20. The molecular formula is C26H34N4O. The molecule has 1 aliphatic rings. The summed E-state index contributed by atoms with van der Waals surface area (Å²) in [4.78, 5) is 19.7. The molecule has 0 bridgehead atoms. The number of nitrogens with zero attached hydrogens (tertiary/aromatic N) is 3. The number of carbonyl (C=O) groups excluding carboxylic acids is 1. The third-order valence-electron chi connectivity index (χ3n) is 6.55. The largest absolute Gasteiger partial charge is 0.340 e. The van der Waals surface area contributed by atoms with Gasteiger partial charge in [-0.15, -0.1) is 0 Å². The van der Waals surface area contributed by atoms with Crippen molar-refractivity contribution in [3.8, 4) is 0 Å². The Morgan fingerprint density at radius 2 is 1.90 bits per heavy atom. The van der Waals surface area contributed by atoms with Crippen molar-refractivity contribution < 1.29 is 4.79 Å². The summed E-state index contributed by atoms with van der Waals surface area (Å²) in [7, 11) is 1.88. The summed E-state index contributed by atoms with van der Waals surface area (Å²) >= 11 is 0. The fourth-order valence-electron chi connectivity index (χ4n) is 4.77. The van der Waals surface area contributed by atoms with E-state index in [-0.39, 0.29) is 5.91 Å². The number of fused-ring (bicyclic) bond motifs is 1. The van der Waals surface area contributed by atoms with Crippen LogP contribution in [0.25, 0.3) is 5.65 Å². The highest BCUT2D eigenvalue weighted by Gasteiger charge is 2.28. The van der Waals surface area contributed by atoms with E-state index in [1.807, 2.05) is 36.3 Å². The Kier molecular flexibility index (Phi) is 7.03. The number of unbranched alkanes of at least 4 members (excludes halogenated alkanes) is 1. The molecule has 2 atom stereocenters. The molecule has 164 valence electrons. The van der Waals surface area contributed by atoms with Crippen LogP contribution in [0.3, 0.4) is 0 Å². The lowest BCUT2D eigenvalue weighted by atomic mass is 9.80. The van der Waals surface area contributed by atoms with Crippen LogP contribution in [-0.4, -0.2) is 39.8 Å². The SMILES string of the molecule is CCCCN(C)C(=O)c1nc2ccccn2c1CN[C@@H]1CCCC[C@H]1c1ccccc1. The predicted molar refractivity (Wildman–Crippen MR) is 125 cm³/mol. The van der Waals surface area contributed by atoms with Gasteiger partial charge in [0.05, 0.1) is 5.69 Å². The van der Waals surface area contributed by atoms with E-state index in [1.54, 1.807) is 0 Å². The van der Waals surface area contributed by atoms with Gasteiger partial charge in [0.25, 0.3) is 5.91 Å². The number of benzene rings is 1. The molecule has 5 nitrogen and oxygen atoms in total. The molecule has 1 saturated carbocycles. The van der Waals surface area contributed by atoms with Gasteiger partial charge in [-0.25, -0.2) is 4.98 Å². The Balaban J connectivity index is 1.58. The smallest absolute Gasteiger partial charge is 0.274 e. The quantitative estimate of drug-likeness (QED) is 0.559. The fraction of sp³-hybridized carbons (Fsp3) is 0.462. The standard InChI is InChI=1S/C26H34N4O/c1-3-4-17-29(2)26(31)25-23(30-18-11-10-16-24(30)28-25)19-27-22-15-9-8-14-21(22)20-12-6-5-7-13-20/h5-7,10-13,16,18,21-22,27H,3-4,8-9,14-15,17,19H2,1-2H3/t21-,22+/m0/s1. The molecule has 1 amide bonds. The zero-order valence-electron chi connectivity index (χ0n) is 18.8.